The zero-order chi connectivity index (χ0) is 29.3. The summed E-state index contributed by atoms with van der Waals surface area (Å²) in [4.78, 5) is 30.2. The van der Waals surface area contributed by atoms with E-state index in [4.69, 9.17) is 4.74 Å². The molecule has 5 aromatic rings. The van der Waals surface area contributed by atoms with E-state index < -0.39 is 36.0 Å². The third-order valence-electron chi connectivity index (χ3n) is 7.06. The van der Waals surface area contributed by atoms with E-state index >= 15 is 0 Å². The number of ether oxygens (including phenoxy) is 1. The number of amides is 2. The minimum absolute atomic E-state index is 0. The van der Waals surface area contributed by atoms with E-state index in [-0.39, 0.29) is 12.4 Å². The maximum Gasteiger partial charge on any atom is 0.257 e. The van der Waals surface area contributed by atoms with E-state index in [0.717, 1.165) is 10.9 Å². The second kappa shape index (κ2) is 12.1. The van der Waals surface area contributed by atoms with Crippen LogP contribution in [0, 0.1) is 11.2 Å². The first-order valence-electron chi connectivity index (χ1n) is 13.2. The van der Waals surface area contributed by atoms with Crippen LogP contribution in [0.25, 0.3) is 22.0 Å². The van der Waals surface area contributed by atoms with Gasteiger partial charge in [0.1, 0.15) is 29.3 Å². The van der Waals surface area contributed by atoms with Crippen LogP contribution in [-0.2, 0) is 16.1 Å². The van der Waals surface area contributed by atoms with Gasteiger partial charge in [-0.15, -0.1) is 12.4 Å². The van der Waals surface area contributed by atoms with Crippen LogP contribution in [0.5, 0.6) is 11.5 Å². The van der Waals surface area contributed by atoms with E-state index in [1.807, 2.05) is 18.2 Å². The van der Waals surface area contributed by atoms with Crippen LogP contribution in [0.4, 0.5) is 24.5 Å². The van der Waals surface area contributed by atoms with Crippen LogP contribution in [0.1, 0.15) is 12.8 Å². The van der Waals surface area contributed by atoms with Crippen molar-refractivity contribution >= 4 is 46.5 Å². The minimum atomic E-state index is -2.49. The molecule has 0 aliphatic heterocycles. The number of alkyl halides is 2. The summed E-state index contributed by atoms with van der Waals surface area (Å²) in [6.45, 7) is -0.472. The van der Waals surface area contributed by atoms with Crippen molar-refractivity contribution in [1.29, 1.82) is 0 Å². The summed E-state index contributed by atoms with van der Waals surface area (Å²) < 4.78 is 45.8. The van der Waals surface area contributed by atoms with Crippen molar-refractivity contribution in [3.63, 3.8) is 0 Å². The Morgan fingerprint density at radius 3 is 2.19 bits per heavy atom. The maximum atomic E-state index is 13.2. The van der Waals surface area contributed by atoms with E-state index in [9.17, 15) is 22.8 Å². The van der Waals surface area contributed by atoms with Crippen LogP contribution in [0.3, 0.4) is 0 Å². The molecule has 0 unspecified atom stereocenters. The summed E-state index contributed by atoms with van der Waals surface area (Å²) in [5.74, 6) is -0.173. The predicted octanol–water partition coefficient (Wildman–Crippen LogP) is 7.07. The monoisotopic (exact) mass is 607 g/mol. The van der Waals surface area contributed by atoms with Crippen molar-refractivity contribution in [2.24, 2.45) is 5.41 Å². The molecule has 2 aromatic heterocycles. The number of hydrogen-bond acceptors (Lipinski definition) is 5. The van der Waals surface area contributed by atoms with Gasteiger partial charge >= 0.3 is 0 Å². The molecule has 8 nitrogen and oxygen atoms in total. The number of benzene rings is 3. The highest BCUT2D eigenvalue weighted by molar-refractivity contribution is 6.16. The molecule has 220 valence electrons. The smallest absolute Gasteiger partial charge is 0.257 e. The molecule has 0 spiro atoms. The summed E-state index contributed by atoms with van der Waals surface area (Å²) in [5, 5.41) is 10.2. The third kappa shape index (κ3) is 6.46. The normalized spacial score (nSPS) is 13.3. The number of fused-ring (bicyclic) bond motifs is 1. The lowest BCUT2D eigenvalue weighted by molar-refractivity contribution is -0.131. The van der Waals surface area contributed by atoms with E-state index in [1.54, 1.807) is 42.7 Å². The van der Waals surface area contributed by atoms with Gasteiger partial charge in [-0.25, -0.2) is 13.2 Å². The Bertz CT molecular complexity index is 1770. The van der Waals surface area contributed by atoms with Gasteiger partial charge in [0.25, 0.3) is 6.43 Å². The van der Waals surface area contributed by atoms with Gasteiger partial charge in [-0.3, -0.25) is 19.3 Å². The number of carbonyl (C=O) groups is 2. The molecule has 43 heavy (non-hydrogen) atoms. The molecular formula is C31H25ClF3N5O3. The lowest BCUT2D eigenvalue weighted by atomic mass is 10.0. The van der Waals surface area contributed by atoms with Gasteiger partial charge in [-0.05, 0) is 85.1 Å². The molecule has 2 amide bonds. The van der Waals surface area contributed by atoms with Gasteiger partial charge in [-0.1, -0.05) is 6.07 Å². The fourth-order valence-electron chi connectivity index (χ4n) is 4.59. The number of rotatable bonds is 9. The molecule has 0 atom stereocenters. The van der Waals surface area contributed by atoms with Crippen LogP contribution < -0.4 is 15.4 Å². The topological polar surface area (TPSA) is 98.1 Å². The SMILES string of the molecule is Cl.O=C(Nc1ccc(F)cc1)C1(C(=O)Nc2ccc(Oc3ccnc4cc(-c5cnn(CC(F)F)c5)ccc34)cc2)CC1. The molecule has 2 heterocycles. The van der Waals surface area contributed by atoms with E-state index in [2.05, 4.69) is 20.7 Å². The number of nitrogens with one attached hydrogen (secondary N) is 2. The molecule has 6 rings (SSSR count). The van der Waals surface area contributed by atoms with E-state index in [1.165, 1.54) is 35.1 Å². The predicted molar refractivity (Wildman–Crippen MR) is 158 cm³/mol. The van der Waals surface area contributed by atoms with Gasteiger partial charge in [0.05, 0.1) is 11.7 Å². The highest BCUT2D eigenvalue weighted by Crippen LogP contribution is 2.47. The summed E-state index contributed by atoms with van der Waals surface area (Å²) in [7, 11) is 0. The average molecular weight is 608 g/mol. The van der Waals surface area contributed by atoms with Crippen LogP contribution in [-0.4, -0.2) is 33.0 Å². The van der Waals surface area contributed by atoms with Crippen molar-refractivity contribution in [2.75, 3.05) is 10.6 Å². The third-order valence-corrected chi connectivity index (χ3v) is 7.06. The Morgan fingerprint density at radius 2 is 1.56 bits per heavy atom. The van der Waals surface area contributed by atoms with Crippen molar-refractivity contribution < 1.29 is 27.5 Å². The van der Waals surface area contributed by atoms with Crippen LogP contribution in [0.15, 0.2) is 91.4 Å². The van der Waals surface area contributed by atoms with E-state index in [0.29, 0.717) is 46.8 Å². The first-order valence-corrected chi connectivity index (χ1v) is 13.2. The number of halogens is 4. The molecule has 1 aliphatic carbocycles. The van der Waals surface area contributed by atoms with Crippen molar-refractivity contribution in [3.8, 4) is 22.6 Å². The summed E-state index contributed by atoms with van der Waals surface area (Å²) >= 11 is 0. The summed E-state index contributed by atoms with van der Waals surface area (Å²) in [6.07, 6.45) is 3.06. The molecule has 0 saturated heterocycles. The van der Waals surface area contributed by atoms with Gasteiger partial charge in [-0.2, -0.15) is 5.10 Å². The van der Waals surface area contributed by atoms with Crippen molar-refractivity contribution in [3.05, 3.63) is 97.2 Å². The molecular weight excluding hydrogens is 583 g/mol. The highest BCUT2D eigenvalue weighted by atomic mass is 35.5. The summed E-state index contributed by atoms with van der Waals surface area (Å²) in [5.41, 5.74) is 1.90. The number of aromatic nitrogens is 3. The maximum absolute atomic E-state index is 13.2. The second-order valence-electron chi connectivity index (χ2n) is 10.0. The number of nitrogens with zero attached hydrogens (tertiary/aromatic N) is 3. The highest BCUT2D eigenvalue weighted by Gasteiger charge is 2.56. The lowest BCUT2D eigenvalue weighted by Crippen LogP contribution is -2.35. The lowest BCUT2D eigenvalue weighted by Gasteiger charge is -2.16. The molecule has 3 aromatic carbocycles. The Kier molecular flexibility index (Phi) is 8.36. The molecule has 0 bridgehead atoms. The second-order valence-corrected chi connectivity index (χ2v) is 10.0. The Labute approximate surface area is 250 Å². The fourth-order valence-corrected chi connectivity index (χ4v) is 4.59. The summed E-state index contributed by atoms with van der Waals surface area (Å²) in [6, 6.07) is 19.4. The Hall–Kier alpha value is -4.90. The zero-order valence-electron chi connectivity index (χ0n) is 22.5. The minimum Gasteiger partial charge on any atom is -0.457 e. The molecule has 1 saturated carbocycles. The molecule has 2 N–H and O–H groups in total. The fraction of sp³-hybridized carbons (Fsp3) is 0.161. The Balaban J connectivity index is 0.00000368. The van der Waals surface area contributed by atoms with Gasteiger partial charge in [0.15, 0.2) is 0 Å². The van der Waals surface area contributed by atoms with Gasteiger partial charge < -0.3 is 15.4 Å². The average Bonchev–Trinajstić information content (AvgIpc) is 3.68. The standard InChI is InChI=1S/C31H24F3N5O3.ClH/c32-21-2-4-22(5-3-21)37-29(40)31(12-13-31)30(41)38-23-6-8-24(9-7-23)42-27-11-14-35-26-15-19(1-10-25(26)27)20-16-36-39(17-20)18-28(33)34;/h1-11,14-17,28H,12-13,18H2,(H,37,40)(H,38,41);1H. The number of anilines is 2. The van der Waals surface area contributed by atoms with Crippen LogP contribution in [0.2, 0.25) is 0 Å². The van der Waals surface area contributed by atoms with Crippen molar-refractivity contribution in [2.45, 2.75) is 25.8 Å². The number of hydrogen-bond donors (Lipinski definition) is 2. The zero-order valence-corrected chi connectivity index (χ0v) is 23.3. The number of carbonyl (C=O) groups excluding carboxylic acids is 2. The number of pyridine rings is 1. The Morgan fingerprint density at radius 1 is 0.907 bits per heavy atom. The first kappa shape index (κ1) is 29.6. The molecule has 1 aliphatic rings. The van der Waals surface area contributed by atoms with Crippen LogP contribution >= 0.6 is 12.4 Å². The van der Waals surface area contributed by atoms with Gasteiger partial charge in [0.2, 0.25) is 11.8 Å². The molecule has 1 fully saturated rings. The first-order chi connectivity index (χ1) is 20.3. The largest absolute Gasteiger partial charge is 0.457 e. The molecule has 0 radical (unpaired) electrons. The van der Waals surface area contributed by atoms with Gasteiger partial charge in [0, 0.05) is 34.7 Å². The van der Waals surface area contributed by atoms with Crippen molar-refractivity contribution in [1.82, 2.24) is 14.8 Å². The quantitative estimate of drug-likeness (QED) is 0.175. The molecule has 12 heteroatoms.